The van der Waals surface area contributed by atoms with Gasteiger partial charge in [0.25, 0.3) is 0 Å². The van der Waals surface area contributed by atoms with Crippen LogP contribution < -0.4 is 5.32 Å². The number of hydrogen-bond donors (Lipinski definition) is 1. The molecule has 0 heterocycles. The third-order valence-corrected chi connectivity index (χ3v) is 4.05. The highest BCUT2D eigenvalue weighted by Gasteiger charge is 2.06. The van der Waals surface area contributed by atoms with E-state index in [0.717, 1.165) is 13.2 Å². The first-order chi connectivity index (χ1) is 9.85. The van der Waals surface area contributed by atoms with E-state index in [-0.39, 0.29) is 0 Å². The van der Waals surface area contributed by atoms with Crippen LogP contribution >= 0.6 is 0 Å². The highest BCUT2D eigenvalue weighted by atomic mass is 16.5. The molecule has 0 fully saturated rings. The number of nitrogens with one attached hydrogen (secondary N) is 1. The number of rotatable bonds is 16. The van der Waals surface area contributed by atoms with Gasteiger partial charge in [0.05, 0.1) is 0 Å². The molecular weight excluding hydrogens is 246 g/mol. The minimum atomic E-state index is 0.708. The van der Waals surface area contributed by atoms with Gasteiger partial charge in [0.1, 0.15) is 0 Å². The van der Waals surface area contributed by atoms with Gasteiger partial charge >= 0.3 is 0 Å². The van der Waals surface area contributed by atoms with Gasteiger partial charge in [-0.05, 0) is 25.8 Å². The average Bonchev–Trinajstić information content (AvgIpc) is 2.45. The fourth-order valence-electron chi connectivity index (χ4n) is 2.81. The van der Waals surface area contributed by atoms with Crippen molar-refractivity contribution in [2.24, 2.45) is 0 Å². The summed E-state index contributed by atoms with van der Waals surface area (Å²) in [6.45, 7) is 6.49. The van der Waals surface area contributed by atoms with Crippen molar-refractivity contribution < 1.29 is 4.74 Å². The molecule has 0 aromatic rings. The van der Waals surface area contributed by atoms with Crippen LogP contribution in [0.5, 0.6) is 0 Å². The molecule has 0 rings (SSSR count). The minimum Gasteiger partial charge on any atom is -0.385 e. The standard InChI is InChI=1S/C18H39NO/c1-4-6-7-8-9-10-11-12-13-15-18(19-5-2)16-14-17-20-3/h18-19H,4-17H2,1-3H3. The Labute approximate surface area is 128 Å². The number of ether oxygens (including phenoxy) is 1. The number of hydrogen-bond acceptors (Lipinski definition) is 2. The minimum absolute atomic E-state index is 0.708. The van der Waals surface area contributed by atoms with Gasteiger partial charge in [0.15, 0.2) is 0 Å². The molecule has 122 valence electrons. The van der Waals surface area contributed by atoms with Crippen molar-refractivity contribution >= 4 is 0 Å². The molecule has 0 aromatic carbocycles. The maximum Gasteiger partial charge on any atom is 0.0462 e. The molecule has 0 aliphatic heterocycles. The lowest BCUT2D eigenvalue weighted by Crippen LogP contribution is -2.29. The van der Waals surface area contributed by atoms with Crippen molar-refractivity contribution in [3.05, 3.63) is 0 Å². The normalized spacial score (nSPS) is 12.8. The van der Waals surface area contributed by atoms with E-state index in [0.29, 0.717) is 6.04 Å². The molecule has 0 saturated heterocycles. The van der Waals surface area contributed by atoms with Crippen LogP contribution in [0.3, 0.4) is 0 Å². The molecule has 0 amide bonds. The monoisotopic (exact) mass is 285 g/mol. The van der Waals surface area contributed by atoms with E-state index in [1.807, 2.05) is 0 Å². The van der Waals surface area contributed by atoms with Crippen LogP contribution in [0, 0.1) is 0 Å². The predicted molar refractivity (Wildman–Crippen MR) is 90.4 cm³/mol. The van der Waals surface area contributed by atoms with Crippen LogP contribution in [-0.4, -0.2) is 26.3 Å². The molecular formula is C18H39NO. The second-order valence-electron chi connectivity index (χ2n) is 6.01. The lowest BCUT2D eigenvalue weighted by Gasteiger charge is -2.17. The molecule has 20 heavy (non-hydrogen) atoms. The highest BCUT2D eigenvalue weighted by Crippen LogP contribution is 2.13. The van der Waals surface area contributed by atoms with Gasteiger partial charge in [0, 0.05) is 19.8 Å². The summed E-state index contributed by atoms with van der Waals surface area (Å²) in [5.74, 6) is 0. The Balaban J connectivity index is 3.34. The van der Waals surface area contributed by atoms with Crippen molar-refractivity contribution in [2.75, 3.05) is 20.3 Å². The Morgan fingerprint density at radius 2 is 1.30 bits per heavy atom. The van der Waals surface area contributed by atoms with Crippen LogP contribution in [-0.2, 0) is 4.74 Å². The van der Waals surface area contributed by atoms with E-state index in [2.05, 4.69) is 19.2 Å². The van der Waals surface area contributed by atoms with Crippen molar-refractivity contribution in [3.63, 3.8) is 0 Å². The zero-order valence-corrected chi connectivity index (χ0v) is 14.4. The van der Waals surface area contributed by atoms with E-state index >= 15 is 0 Å². The Morgan fingerprint density at radius 1 is 0.750 bits per heavy atom. The molecule has 1 N–H and O–H groups in total. The van der Waals surface area contributed by atoms with Crippen molar-refractivity contribution in [2.45, 2.75) is 96.9 Å². The fourth-order valence-corrected chi connectivity index (χ4v) is 2.81. The Hall–Kier alpha value is -0.0800. The number of methoxy groups -OCH3 is 1. The Bertz CT molecular complexity index is 173. The van der Waals surface area contributed by atoms with Crippen LogP contribution in [0.1, 0.15) is 90.9 Å². The van der Waals surface area contributed by atoms with Crippen molar-refractivity contribution in [1.29, 1.82) is 0 Å². The summed E-state index contributed by atoms with van der Waals surface area (Å²) in [4.78, 5) is 0. The van der Waals surface area contributed by atoms with Crippen molar-refractivity contribution in [1.82, 2.24) is 5.32 Å². The van der Waals surface area contributed by atoms with E-state index in [4.69, 9.17) is 4.74 Å². The summed E-state index contributed by atoms with van der Waals surface area (Å²) >= 11 is 0. The third-order valence-electron chi connectivity index (χ3n) is 4.05. The summed E-state index contributed by atoms with van der Waals surface area (Å²) < 4.78 is 5.14. The quantitative estimate of drug-likeness (QED) is 0.388. The number of unbranched alkanes of at least 4 members (excludes halogenated alkanes) is 8. The topological polar surface area (TPSA) is 21.3 Å². The van der Waals surface area contributed by atoms with Gasteiger partial charge in [-0.25, -0.2) is 0 Å². The van der Waals surface area contributed by atoms with E-state index in [1.54, 1.807) is 7.11 Å². The molecule has 0 saturated carbocycles. The average molecular weight is 286 g/mol. The molecule has 1 atom stereocenters. The third kappa shape index (κ3) is 14.3. The fraction of sp³-hybridized carbons (Fsp3) is 1.00. The lowest BCUT2D eigenvalue weighted by molar-refractivity contribution is 0.188. The van der Waals surface area contributed by atoms with Gasteiger partial charge in [-0.2, -0.15) is 0 Å². The summed E-state index contributed by atoms with van der Waals surface area (Å²) in [7, 11) is 1.79. The van der Waals surface area contributed by atoms with Gasteiger partial charge in [-0.1, -0.05) is 71.6 Å². The summed E-state index contributed by atoms with van der Waals surface area (Å²) in [6.07, 6.45) is 16.6. The zero-order chi connectivity index (χ0) is 14.9. The highest BCUT2D eigenvalue weighted by molar-refractivity contribution is 4.66. The molecule has 0 spiro atoms. The first-order valence-corrected chi connectivity index (χ1v) is 9.07. The Kier molecular flexibility index (Phi) is 16.9. The van der Waals surface area contributed by atoms with Crippen LogP contribution in [0.25, 0.3) is 0 Å². The Morgan fingerprint density at radius 3 is 1.85 bits per heavy atom. The van der Waals surface area contributed by atoms with E-state index in [9.17, 15) is 0 Å². The first kappa shape index (κ1) is 19.9. The summed E-state index contributed by atoms with van der Waals surface area (Å²) in [6, 6.07) is 0.708. The lowest BCUT2D eigenvalue weighted by atomic mass is 10.0. The van der Waals surface area contributed by atoms with Gasteiger partial charge in [0.2, 0.25) is 0 Å². The van der Waals surface area contributed by atoms with E-state index in [1.165, 1.54) is 77.0 Å². The van der Waals surface area contributed by atoms with Crippen LogP contribution in [0.15, 0.2) is 0 Å². The molecule has 2 nitrogen and oxygen atoms in total. The predicted octanol–water partition coefficient (Wildman–Crippen LogP) is 5.31. The van der Waals surface area contributed by atoms with E-state index < -0.39 is 0 Å². The van der Waals surface area contributed by atoms with Gasteiger partial charge in [-0.3, -0.25) is 0 Å². The summed E-state index contributed by atoms with van der Waals surface area (Å²) in [5, 5.41) is 3.61. The summed E-state index contributed by atoms with van der Waals surface area (Å²) in [5.41, 5.74) is 0. The molecule has 2 heteroatoms. The molecule has 0 aliphatic rings. The second-order valence-corrected chi connectivity index (χ2v) is 6.01. The van der Waals surface area contributed by atoms with Crippen LogP contribution in [0.2, 0.25) is 0 Å². The zero-order valence-electron chi connectivity index (χ0n) is 14.4. The molecule has 1 unspecified atom stereocenters. The van der Waals surface area contributed by atoms with Gasteiger partial charge < -0.3 is 10.1 Å². The molecule has 0 bridgehead atoms. The molecule has 0 radical (unpaired) electrons. The molecule has 0 aromatic heterocycles. The maximum atomic E-state index is 5.14. The first-order valence-electron chi connectivity index (χ1n) is 9.07. The smallest absolute Gasteiger partial charge is 0.0462 e. The molecule has 0 aliphatic carbocycles. The second kappa shape index (κ2) is 17.0. The van der Waals surface area contributed by atoms with Gasteiger partial charge in [-0.15, -0.1) is 0 Å². The maximum absolute atomic E-state index is 5.14. The van der Waals surface area contributed by atoms with Crippen LogP contribution in [0.4, 0.5) is 0 Å². The largest absolute Gasteiger partial charge is 0.385 e. The van der Waals surface area contributed by atoms with Crippen molar-refractivity contribution in [3.8, 4) is 0 Å². The SMILES string of the molecule is CCCCCCCCCCCC(CCCOC)NCC.